The van der Waals surface area contributed by atoms with E-state index in [9.17, 15) is 5.11 Å². The van der Waals surface area contributed by atoms with Crippen LogP contribution in [-0.2, 0) is 6.42 Å². The number of aromatic amines is 1. The number of hydrogen-bond acceptors (Lipinski definition) is 2. The molecule has 0 aliphatic rings. The minimum absolute atomic E-state index is 0.0220. The summed E-state index contributed by atoms with van der Waals surface area (Å²) in [6, 6.07) is 5.65. The number of aryl methyl sites for hydroxylation is 1. The maximum atomic E-state index is 9.30. The molecule has 3 nitrogen and oxygen atoms in total. The molecule has 4 N–H and O–H groups in total. The van der Waals surface area contributed by atoms with Crippen LogP contribution >= 0.6 is 15.9 Å². The van der Waals surface area contributed by atoms with Gasteiger partial charge in [-0.3, -0.25) is 0 Å². The van der Waals surface area contributed by atoms with Gasteiger partial charge in [0.15, 0.2) is 0 Å². The van der Waals surface area contributed by atoms with Gasteiger partial charge in [0.2, 0.25) is 0 Å². The highest BCUT2D eigenvalue weighted by Gasteiger charge is 2.14. The van der Waals surface area contributed by atoms with Gasteiger partial charge in [0.25, 0.3) is 0 Å². The lowest BCUT2D eigenvalue weighted by atomic mass is 10.0. The van der Waals surface area contributed by atoms with Gasteiger partial charge < -0.3 is 15.8 Å². The first-order valence-electron chi connectivity index (χ1n) is 5.39. The molecule has 2 rings (SSSR count). The van der Waals surface area contributed by atoms with Gasteiger partial charge in [-0.1, -0.05) is 22.5 Å². The number of benzene rings is 1. The van der Waals surface area contributed by atoms with Crippen molar-refractivity contribution in [3.8, 4) is 0 Å². The summed E-state index contributed by atoms with van der Waals surface area (Å²) in [6.45, 7) is 5.48. The highest BCUT2D eigenvalue weighted by molar-refractivity contribution is 9.10. The van der Waals surface area contributed by atoms with Crippen molar-refractivity contribution in [2.24, 2.45) is 5.73 Å². The zero-order valence-electron chi connectivity index (χ0n) is 9.63. The summed E-state index contributed by atoms with van der Waals surface area (Å²) in [5, 5.41) is 10.4. The summed E-state index contributed by atoms with van der Waals surface area (Å²) in [5.41, 5.74) is 9.12. The van der Waals surface area contributed by atoms with Gasteiger partial charge in [0.05, 0.1) is 6.04 Å². The average molecular weight is 295 g/mol. The molecule has 0 saturated heterocycles. The number of H-pyrrole nitrogens is 1. The predicted molar refractivity (Wildman–Crippen MR) is 74.2 cm³/mol. The molecule has 0 spiro atoms. The Morgan fingerprint density at radius 2 is 2.29 bits per heavy atom. The molecule has 1 aromatic carbocycles. The number of aromatic nitrogens is 1. The number of nitrogens with two attached hydrogens (primary N) is 1. The van der Waals surface area contributed by atoms with E-state index in [4.69, 9.17) is 5.73 Å². The molecule has 0 amide bonds. The normalized spacial score (nSPS) is 12.9. The van der Waals surface area contributed by atoms with Gasteiger partial charge in [-0.25, -0.2) is 0 Å². The Bertz CT molecular complexity index is 574. The lowest BCUT2D eigenvalue weighted by Crippen LogP contribution is -2.24. The van der Waals surface area contributed by atoms with E-state index in [0.29, 0.717) is 6.42 Å². The molecule has 0 radical (unpaired) electrons. The number of halogens is 1. The molecule has 0 bridgehead atoms. The van der Waals surface area contributed by atoms with E-state index in [-0.39, 0.29) is 5.76 Å². The first-order valence-corrected chi connectivity index (χ1v) is 6.18. The van der Waals surface area contributed by atoms with Crippen molar-refractivity contribution in [2.45, 2.75) is 19.4 Å². The summed E-state index contributed by atoms with van der Waals surface area (Å²) in [5.74, 6) is 0.0220. The van der Waals surface area contributed by atoms with Crippen molar-refractivity contribution in [3.05, 3.63) is 46.3 Å². The Morgan fingerprint density at radius 1 is 1.59 bits per heavy atom. The number of hydrogen-bond donors (Lipinski definition) is 3. The van der Waals surface area contributed by atoms with Crippen LogP contribution in [-0.4, -0.2) is 16.1 Å². The quantitative estimate of drug-likeness (QED) is 0.762. The van der Waals surface area contributed by atoms with Gasteiger partial charge in [0.1, 0.15) is 5.76 Å². The number of aliphatic hydroxyl groups is 1. The van der Waals surface area contributed by atoms with Crippen LogP contribution in [0.25, 0.3) is 10.9 Å². The van der Waals surface area contributed by atoms with Crippen LogP contribution in [0.1, 0.15) is 11.3 Å². The molecule has 0 aliphatic carbocycles. The summed E-state index contributed by atoms with van der Waals surface area (Å²) < 4.78 is 1.03. The fourth-order valence-electron chi connectivity index (χ4n) is 1.96. The minimum atomic E-state index is -0.424. The van der Waals surface area contributed by atoms with Crippen molar-refractivity contribution in [1.29, 1.82) is 0 Å². The molecule has 17 heavy (non-hydrogen) atoms. The van der Waals surface area contributed by atoms with Crippen LogP contribution < -0.4 is 5.73 Å². The summed E-state index contributed by atoms with van der Waals surface area (Å²) in [6.07, 6.45) is 0.581. The van der Waals surface area contributed by atoms with Gasteiger partial charge >= 0.3 is 0 Å². The van der Waals surface area contributed by atoms with Crippen molar-refractivity contribution in [3.63, 3.8) is 0 Å². The van der Waals surface area contributed by atoms with Crippen LogP contribution in [0.3, 0.4) is 0 Å². The van der Waals surface area contributed by atoms with Crippen LogP contribution in [0, 0.1) is 6.92 Å². The Morgan fingerprint density at radius 3 is 2.94 bits per heavy atom. The molecule has 4 heteroatoms. The lowest BCUT2D eigenvalue weighted by Gasteiger charge is -2.10. The highest BCUT2D eigenvalue weighted by Crippen LogP contribution is 2.26. The summed E-state index contributed by atoms with van der Waals surface area (Å²) >= 11 is 3.46. The van der Waals surface area contributed by atoms with E-state index < -0.39 is 6.04 Å². The minimum Gasteiger partial charge on any atom is -0.511 e. The SMILES string of the molecule is C=C(O)C(N)Cc1c(C)[nH]c2ccc(Br)cc12. The van der Waals surface area contributed by atoms with Crippen molar-refractivity contribution in [1.82, 2.24) is 4.98 Å². The molecule has 1 atom stereocenters. The van der Waals surface area contributed by atoms with Crippen LogP contribution in [0.4, 0.5) is 0 Å². The fraction of sp³-hybridized carbons (Fsp3) is 0.231. The van der Waals surface area contributed by atoms with E-state index in [1.807, 2.05) is 19.1 Å². The van der Waals surface area contributed by atoms with E-state index in [2.05, 4.69) is 33.6 Å². The fourth-order valence-corrected chi connectivity index (χ4v) is 2.32. The van der Waals surface area contributed by atoms with Crippen molar-refractivity contribution < 1.29 is 5.11 Å². The first kappa shape index (κ1) is 12.2. The number of aliphatic hydroxyl groups excluding tert-OH is 1. The lowest BCUT2D eigenvalue weighted by molar-refractivity contribution is 0.368. The number of fused-ring (bicyclic) bond motifs is 1. The molecule has 1 unspecified atom stereocenters. The summed E-state index contributed by atoms with van der Waals surface area (Å²) in [4.78, 5) is 3.31. The topological polar surface area (TPSA) is 62.0 Å². The van der Waals surface area contributed by atoms with Crippen LogP contribution in [0.5, 0.6) is 0 Å². The van der Waals surface area contributed by atoms with Gasteiger partial charge in [-0.2, -0.15) is 0 Å². The number of rotatable bonds is 3. The Hall–Kier alpha value is -1.26. The predicted octanol–water partition coefficient (Wildman–Crippen LogP) is 3.18. The van der Waals surface area contributed by atoms with Gasteiger partial charge in [0, 0.05) is 21.1 Å². The Kier molecular flexibility index (Phi) is 3.26. The van der Waals surface area contributed by atoms with Crippen molar-refractivity contribution >= 4 is 26.8 Å². The third-order valence-corrected chi connectivity index (χ3v) is 3.43. The summed E-state index contributed by atoms with van der Waals surface area (Å²) in [7, 11) is 0. The second-order valence-electron chi connectivity index (χ2n) is 4.22. The first-order chi connectivity index (χ1) is 7.99. The molecule has 1 heterocycles. The standard InChI is InChI=1S/C13H15BrN2O/c1-7-10(6-12(15)8(2)17)11-5-9(14)3-4-13(11)16-7/h3-5,12,16-17H,2,6,15H2,1H3. The molecular formula is C13H15BrN2O. The van der Waals surface area contributed by atoms with Crippen molar-refractivity contribution in [2.75, 3.05) is 0 Å². The maximum Gasteiger partial charge on any atom is 0.102 e. The molecule has 2 aromatic rings. The van der Waals surface area contributed by atoms with Gasteiger partial charge in [-0.15, -0.1) is 0 Å². The highest BCUT2D eigenvalue weighted by atomic mass is 79.9. The largest absolute Gasteiger partial charge is 0.511 e. The molecule has 90 valence electrons. The zero-order valence-corrected chi connectivity index (χ0v) is 11.2. The van der Waals surface area contributed by atoms with Crippen LogP contribution in [0.15, 0.2) is 35.0 Å². The van der Waals surface area contributed by atoms with Crippen LogP contribution in [0.2, 0.25) is 0 Å². The second-order valence-corrected chi connectivity index (χ2v) is 5.14. The molecule has 0 aliphatic heterocycles. The maximum absolute atomic E-state index is 9.30. The van der Waals surface area contributed by atoms with E-state index >= 15 is 0 Å². The van der Waals surface area contributed by atoms with Gasteiger partial charge in [-0.05, 0) is 37.1 Å². The zero-order chi connectivity index (χ0) is 12.6. The monoisotopic (exact) mass is 294 g/mol. The molecule has 1 aromatic heterocycles. The number of nitrogens with one attached hydrogen (secondary N) is 1. The Balaban J connectivity index is 2.48. The average Bonchev–Trinajstić information content (AvgIpc) is 2.55. The van der Waals surface area contributed by atoms with E-state index in [0.717, 1.165) is 26.6 Å². The second kappa shape index (κ2) is 4.55. The Labute approximate surface area is 108 Å². The van der Waals surface area contributed by atoms with E-state index in [1.165, 1.54) is 0 Å². The third kappa shape index (κ3) is 2.37. The molecular weight excluding hydrogens is 280 g/mol. The third-order valence-electron chi connectivity index (χ3n) is 2.93. The smallest absolute Gasteiger partial charge is 0.102 e. The molecule has 0 saturated carbocycles. The molecule has 0 fully saturated rings. The van der Waals surface area contributed by atoms with E-state index in [1.54, 1.807) is 0 Å².